The van der Waals surface area contributed by atoms with Gasteiger partial charge in [-0.2, -0.15) is 0 Å². The summed E-state index contributed by atoms with van der Waals surface area (Å²) in [5.74, 6) is -1.31. The van der Waals surface area contributed by atoms with Crippen LogP contribution in [0, 0.1) is 13.8 Å². The zero-order chi connectivity index (χ0) is 16.8. The third-order valence-corrected chi connectivity index (χ3v) is 3.73. The van der Waals surface area contributed by atoms with Crippen molar-refractivity contribution in [1.29, 1.82) is 0 Å². The lowest BCUT2D eigenvalue weighted by molar-refractivity contribution is -0.308. The van der Waals surface area contributed by atoms with E-state index in [0.29, 0.717) is 5.69 Å². The predicted octanol–water partition coefficient (Wildman–Crippen LogP) is 1.79. The Morgan fingerprint density at radius 2 is 1.74 bits per heavy atom. The molecule has 2 aromatic rings. The first-order valence-electron chi connectivity index (χ1n) is 7.36. The van der Waals surface area contributed by atoms with Crippen molar-refractivity contribution in [2.75, 3.05) is 5.32 Å². The van der Waals surface area contributed by atoms with Crippen LogP contribution in [0.1, 0.15) is 16.7 Å². The number of rotatable bonds is 5. The summed E-state index contributed by atoms with van der Waals surface area (Å²) in [4.78, 5) is 23.3. The highest BCUT2D eigenvalue weighted by atomic mass is 16.4. The summed E-state index contributed by atoms with van der Waals surface area (Å²) in [6, 6.07) is 13.0. The van der Waals surface area contributed by atoms with Crippen LogP contribution in [0.4, 0.5) is 10.5 Å². The van der Waals surface area contributed by atoms with Gasteiger partial charge in [-0.1, -0.05) is 42.5 Å². The number of carbonyl (C=O) groups excluding carboxylic acids is 2. The first kappa shape index (κ1) is 16.5. The van der Waals surface area contributed by atoms with Crippen LogP contribution in [0.15, 0.2) is 48.5 Å². The molecule has 0 saturated heterocycles. The molecular formula is C18H19N2O3-. The van der Waals surface area contributed by atoms with Gasteiger partial charge >= 0.3 is 6.03 Å². The smallest absolute Gasteiger partial charge is 0.319 e. The molecule has 5 heteroatoms. The number of benzene rings is 2. The van der Waals surface area contributed by atoms with Gasteiger partial charge in [-0.15, -0.1) is 0 Å². The summed E-state index contributed by atoms with van der Waals surface area (Å²) in [6.45, 7) is 3.84. The Kier molecular flexibility index (Phi) is 5.36. The standard InChI is InChI=1S/C18H20N2O3/c1-12-7-6-10-15(13(12)2)19-18(23)20-16(17(21)22)11-14-8-4-3-5-9-14/h3-10,16H,11H2,1-2H3,(H,21,22)(H2,19,20,23)/p-1/t16-/m0/s1. The average Bonchev–Trinajstić information content (AvgIpc) is 2.52. The van der Waals surface area contributed by atoms with Crippen LogP contribution in [-0.4, -0.2) is 18.0 Å². The van der Waals surface area contributed by atoms with Crippen molar-refractivity contribution in [2.45, 2.75) is 26.3 Å². The molecule has 5 nitrogen and oxygen atoms in total. The lowest BCUT2D eigenvalue weighted by Crippen LogP contribution is -2.50. The summed E-state index contributed by atoms with van der Waals surface area (Å²) >= 11 is 0. The van der Waals surface area contributed by atoms with E-state index >= 15 is 0 Å². The molecule has 0 aliphatic rings. The van der Waals surface area contributed by atoms with Crippen LogP contribution in [0.25, 0.3) is 0 Å². The Hall–Kier alpha value is -2.82. The minimum absolute atomic E-state index is 0.170. The summed E-state index contributed by atoms with van der Waals surface area (Å²) in [7, 11) is 0. The second-order valence-electron chi connectivity index (χ2n) is 5.41. The Morgan fingerprint density at radius 3 is 2.39 bits per heavy atom. The van der Waals surface area contributed by atoms with Gasteiger partial charge in [-0.3, -0.25) is 0 Å². The average molecular weight is 311 g/mol. The monoisotopic (exact) mass is 311 g/mol. The van der Waals surface area contributed by atoms with E-state index < -0.39 is 18.0 Å². The van der Waals surface area contributed by atoms with Gasteiger partial charge in [0.2, 0.25) is 0 Å². The molecule has 0 fully saturated rings. The molecule has 2 amide bonds. The van der Waals surface area contributed by atoms with E-state index in [0.717, 1.165) is 16.7 Å². The van der Waals surface area contributed by atoms with Gasteiger partial charge in [0.15, 0.2) is 0 Å². The van der Waals surface area contributed by atoms with Crippen LogP contribution in [0.5, 0.6) is 0 Å². The van der Waals surface area contributed by atoms with Gasteiger partial charge < -0.3 is 20.5 Å². The van der Waals surface area contributed by atoms with Crippen molar-refractivity contribution in [1.82, 2.24) is 5.32 Å². The van der Waals surface area contributed by atoms with E-state index in [9.17, 15) is 14.7 Å². The van der Waals surface area contributed by atoms with Crippen molar-refractivity contribution in [2.24, 2.45) is 0 Å². The van der Waals surface area contributed by atoms with Crippen LogP contribution < -0.4 is 15.7 Å². The maximum Gasteiger partial charge on any atom is 0.319 e. The van der Waals surface area contributed by atoms with Crippen LogP contribution >= 0.6 is 0 Å². The minimum Gasteiger partial charge on any atom is -0.548 e. The second kappa shape index (κ2) is 7.45. The van der Waals surface area contributed by atoms with Gasteiger partial charge in [0.25, 0.3) is 0 Å². The third kappa shape index (κ3) is 4.57. The lowest BCUT2D eigenvalue weighted by atomic mass is 10.1. The number of anilines is 1. The van der Waals surface area contributed by atoms with Crippen molar-refractivity contribution < 1.29 is 14.7 Å². The van der Waals surface area contributed by atoms with Crippen LogP contribution in [-0.2, 0) is 11.2 Å². The van der Waals surface area contributed by atoms with E-state index in [-0.39, 0.29) is 6.42 Å². The molecule has 0 bridgehead atoms. The SMILES string of the molecule is Cc1cccc(NC(=O)N[C@@H](Cc2ccccc2)C(=O)[O-])c1C. The Morgan fingerprint density at radius 1 is 1.04 bits per heavy atom. The summed E-state index contributed by atoms with van der Waals surface area (Å²) < 4.78 is 0. The molecule has 0 aliphatic heterocycles. The zero-order valence-electron chi connectivity index (χ0n) is 13.1. The highest BCUT2D eigenvalue weighted by molar-refractivity contribution is 5.92. The number of hydrogen-bond acceptors (Lipinski definition) is 3. The fourth-order valence-electron chi connectivity index (χ4n) is 2.25. The highest BCUT2D eigenvalue weighted by Crippen LogP contribution is 2.17. The molecule has 2 rings (SSSR count). The Balaban J connectivity index is 2.03. The lowest BCUT2D eigenvalue weighted by Gasteiger charge is -2.20. The molecule has 0 aliphatic carbocycles. The van der Waals surface area contributed by atoms with Crippen LogP contribution in [0.3, 0.4) is 0 Å². The van der Waals surface area contributed by atoms with Crippen molar-refractivity contribution in [3.05, 3.63) is 65.2 Å². The highest BCUT2D eigenvalue weighted by Gasteiger charge is 2.15. The summed E-state index contributed by atoms with van der Waals surface area (Å²) in [5.41, 5.74) is 3.45. The third-order valence-electron chi connectivity index (χ3n) is 3.73. The number of urea groups is 1. The normalized spacial score (nSPS) is 11.6. The quantitative estimate of drug-likeness (QED) is 0.883. The fraction of sp³-hybridized carbons (Fsp3) is 0.222. The Labute approximate surface area is 135 Å². The van der Waals surface area contributed by atoms with Gasteiger partial charge in [0, 0.05) is 5.69 Å². The summed E-state index contributed by atoms with van der Waals surface area (Å²) in [5, 5.41) is 16.4. The summed E-state index contributed by atoms with van der Waals surface area (Å²) in [6.07, 6.45) is 0.170. The van der Waals surface area contributed by atoms with Crippen LogP contribution in [0.2, 0.25) is 0 Å². The molecule has 2 N–H and O–H groups in total. The first-order chi connectivity index (χ1) is 11.0. The molecule has 120 valence electrons. The van der Waals surface area contributed by atoms with Gasteiger partial charge in [0.05, 0.1) is 12.0 Å². The molecule has 0 heterocycles. The number of aryl methyl sites for hydroxylation is 1. The number of aliphatic carboxylic acids is 1. The number of carboxylic acids is 1. The molecule has 0 unspecified atom stereocenters. The van der Waals surface area contributed by atoms with Gasteiger partial charge in [-0.05, 0) is 43.0 Å². The van der Waals surface area contributed by atoms with Crippen molar-refractivity contribution >= 4 is 17.7 Å². The largest absolute Gasteiger partial charge is 0.548 e. The van der Waals surface area contributed by atoms with E-state index in [1.807, 2.05) is 44.2 Å². The zero-order valence-corrected chi connectivity index (χ0v) is 13.1. The number of carbonyl (C=O) groups is 2. The fourth-order valence-corrected chi connectivity index (χ4v) is 2.25. The number of carboxylic acid groups (broad SMARTS) is 1. The molecule has 0 spiro atoms. The van der Waals surface area contributed by atoms with Crippen molar-refractivity contribution in [3.63, 3.8) is 0 Å². The second-order valence-corrected chi connectivity index (χ2v) is 5.41. The minimum atomic E-state index is -1.31. The van der Waals surface area contributed by atoms with Crippen molar-refractivity contribution in [3.8, 4) is 0 Å². The number of amides is 2. The molecule has 0 radical (unpaired) electrons. The van der Waals surface area contributed by atoms with Gasteiger partial charge in [-0.25, -0.2) is 4.79 Å². The molecule has 0 aromatic heterocycles. The molecule has 23 heavy (non-hydrogen) atoms. The molecular weight excluding hydrogens is 292 g/mol. The van der Waals surface area contributed by atoms with E-state index in [4.69, 9.17) is 0 Å². The molecule has 1 atom stereocenters. The predicted molar refractivity (Wildman–Crippen MR) is 87.0 cm³/mol. The number of hydrogen-bond donors (Lipinski definition) is 2. The van der Waals surface area contributed by atoms with E-state index in [1.54, 1.807) is 18.2 Å². The van der Waals surface area contributed by atoms with Gasteiger partial charge in [0.1, 0.15) is 0 Å². The molecule has 0 saturated carbocycles. The maximum absolute atomic E-state index is 12.1. The van der Waals surface area contributed by atoms with E-state index in [1.165, 1.54) is 0 Å². The first-order valence-corrected chi connectivity index (χ1v) is 7.36. The topological polar surface area (TPSA) is 81.3 Å². The van der Waals surface area contributed by atoms with E-state index in [2.05, 4.69) is 10.6 Å². The molecule has 2 aromatic carbocycles. The number of nitrogens with one attached hydrogen (secondary N) is 2. The maximum atomic E-state index is 12.1. The Bertz CT molecular complexity index is 699.